The molecule has 0 spiro atoms. The second-order valence-electron chi connectivity index (χ2n) is 4.45. The molecule has 0 saturated heterocycles. The number of benzene rings is 2. The van der Waals surface area contributed by atoms with E-state index in [1.807, 2.05) is 12.1 Å². The smallest absolute Gasteiger partial charge is 0.124 e. The second kappa shape index (κ2) is 8.92. The van der Waals surface area contributed by atoms with Crippen molar-refractivity contribution < 1.29 is 19.7 Å². The first-order valence-electron chi connectivity index (χ1n) is 6.38. The van der Waals surface area contributed by atoms with E-state index < -0.39 is 6.16 Å². The quantitative estimate of drug-likeness (QED) is 0.794. The summed E-state index contributed by atoms with van der Waals surface area (Å²) in [7, 11) is 0. The van der Waals surface area contributed by atoms with Gasteiger partial charge in [0.05, 0.1) is 0 Å². The van der Waals surface area contributed by atoms with Crippen molar-refractivity contribution in [2.45, 2.75) is 18.9 Å². The molecule has 0 saturated carbocycles. The molecule has 108 valence electrons. The molecule has 1 aliphatic rings. The third kappa shape index (κ3) is 5.58. The molecule has 2 aromatic carbocycles. The third-order valence-electron chi connectivity index (χ3n) is 3.09. The molecule has 0 radical (unpaired) electrons. The molecule has 0 amide bonds. The molecule has 1 heterocycles. The van der Waals surface area contributed by atoms with Crippen LogP contribution < -0.4 is 4.74 Å². The van der Waals surface area contributed by atoms with Crippen LogP contribution >= 0.6 is 0 Å². The summed E-state index contributed by atoms with van der Waals surface area (Å²) < 4.78 is 6.02. The molecule has 0 fully saturated rings. The molecule has 5 heteroatoms. The van der Waals surface area contributed by atoms with Gasteiger partial charge in [0.2, 0.25) is 0 Å². The minimum atomic E-state index is -1.83. The van der Waals surface area contributed by atoms with Crippen molar-refractivity contribution in [1.29, 1.82) is 0 Å². The monoisotopic (exact) mass is 314 g/mol. The van der Waals surface area contributed by atoms with Crippen LogP contribution in [0, 0.1) is 0 Å². The Labute approximate surface area is 153 Å². The minimum Gasteiger partial charge on any atom is -0.485 e. The summed E-state index contributed by atoms with van der Waals surface area (Å²) in [5.74, 6) is 1.04. The summed E-state index contributed by atoms with van der Waals surface area (Å²) in [6.45, 7) is 0. The van der Waals surface area contributed by atoms with Crippen LogP contribution in [-0.4, -0.2) is 54.1 Å². The number of hydrogen-bond donors (Lipinski definition) is 2. The fourth-order valence-corrected chi connectivity index (χ4v) is 2.23. The minimum absolute atomic E-state index is 0. The molecule has 0 aromatic heterocycles. The van der Waals surface area contributed by atoms with Crippen LogP contribution in [0.25, 0.3) is 0 Å². The first-order chi connectivity index (χ1) is 9.66. The van der Waals surface area contributed by atoms with Crippen LogP contribution in [0.4, 0.5) is 4.79 Å². The van der Waals surface area contributed by atoms with Gasteiger partial charge in [0.15, 0.2) is 0 Å². The van der Waals surface area contributed by atoms with E-state index in [1.165, 1.54) is 11.1 Å². The number of rotatable bonds is 1. The number of hydrogen-bond acceptors (Lipinski definition) is 2. The molecule has 21 heavy (non-hydrogen) atoms. The standard InChI is InChI=1S/C15H14O.CH2O3.Ca.2H/c1-2-6-12(7-3-1)15-11-10-13-8-4-5-9-14(13)16-15;2-1(3)4;;;/h1-9,15H,10-11H2;(H2,2,3,4);;;. The summed E-state index contributed by atoms with van der Waals surface area (Å²) in [4.78, 5) is 8.56. The molecule has 3 rings (SSSR count). The van der Waals surface area contributed by atoms with Gasteiger partial charge in [-0.2, -0.15) is 0 Å². The molecule has 1 aliphatic heterocycles. The zero-order valence-electron chi connectivity index (χ0n) is 10.9. The summed E-state index contributed by atoms with van der Waals surface area (Å²) in [5, 5.41) is 13.9. The predicted octanol–water partition coefficient (Wildman–Crippen LogP) is 3.06. The molecule has 0 aliphatic carbocycles. The van der Waals surface area contributed by atoms with Crippen LogP contribution in [-0.2, 0) is 6.42 Å². The molecular formula is C16H18CaO4. The van der Waals surface area contributed by atoms with E-state index in [9.17, 15) is 0 Å². The average molecular weight is 314 g/mol. The van der Waals surface area contributed by atoms with Crippen molar-refractivity contribution in [2.75, 3.05) is 0 Å². The summed E-state index contributed by atoms with van der Waals surface area (Å²) in [5.41, 5.74) is 2.60. The Hall–Kier alpha value is -1.23. The van der Waals surface area contributed by atoms with Crippen molar-refractivity contribution in [2.24, 2.45) is 0 Å². The first-order valence-corrected chi connectivity index (χ1v) is 6.38. The van der Waals surface area contributed by atoms with Crippen LogP contribution in [0.2, 0.25) is 0 Å². The summed E-state index contributed by atoms with van der Waals surface area (Å²) >= 11 is 0. The van der Waals surface area contributed by atoms with Crippen molar-refractivity contribution >= 4 is 43.9 Å². The summed E-state index contributed by atoms with van der Waals surface area (Å²) in [6, 6.07) is 18.8. The maximum atomic E-state index is 8.56. The number of ether oxygens (including phenoxy) is 1. The molecular weight excluding hydrogens is 296 g/mol. The van der Waals surface area contributed by atoms with E-state index in [1.54, 1.807) is 0 Å². The fourth-order valence-electron chi connectivity index (χ4n) is 2.23. The zero-order valence-corrected chi connectivity index (χ0v) is 10.9. The largest absolute Gasteiger partial charge is 0.485 e. The predicted molar refractivity (Wildman–Crippen MR) is 83.8 cm³/mol. The van der Waals surface area contributed by atoms with Crippen molar-refractivity contribution in [1.82, 2.24) is 0 Å². The number of aryl methyl sites for hydroxylation is 1. The molecule has 1 unspecified atom stereocenters. The fraction of sp³-hybridized carbons (Fsp3) is 0.188. The van der Waals surface area contributed by atoms with Crippen LogP contribution in [0.15, 0.2) is 54.6 Å². The van der Waals surface area contributed by atoms with Gasteiger partial charge in [0.1, 0.15) is 11.9 Å². The van der Waals surface area contributed by atoms with Gasteiger partial charge in [-0.05, 0) is 30.0 Å². The van der Waals surface area contributed by atoms with Gasteiger partial charge in [-0.3, -0.25) is 0 Å². The Morgan fingerprint density at radius 3 is 2.24 bits per heavy atom. The molecule has 4 nitrogen and oxygen atoms in total. The van der Waals surface area contributed by atoms with E-state index in [-0.39, 0.29) is 43.8 Å². The number of fused-ring (bicyclic) bond motifs is 1. The SMILES string of the molecule is O=C(O)O.[CaH2].c1ccc(C2CCc3ccccc3O2)cc1. The van der Waals surface area contributed by atoms with Gasteiger partial charge >= 0.3 is 43.9 Å². The summed E-state index contributed by atoms with van der Waals surface area (Å²) in [6.07, 6.45) is 0.563. The Kier molecular flexibility index (Phi) is 7.57. The van der Waals surface area contributed by atoms with Crippen LogP contribution in [0.3, 0.4) is 0 Å². The molecule has 2 aromatic rings. The number of carboxylic acid groups (broad SMARTS) is 2. The van der Waals surface area contributed by atoms with E-state index in [2.05, 4.69) is 42.5 Å². The Balaban J connectivity index is 0.000000397. The van der Waals surface area contributed by atoms with Gasteiger partial charge in [0.25, 0.3) is 0 Å². The van der Waals surface area contributed by atoms with Gasteiger partial charge in [-0.1, -0.05) is 48.5 Å². The van der Waals surface area contributed by atoms with E-state index in [4.69, 9.17) is 19.7 Å². The van der Waals surface area contributed by atoms with Gasteiger partial charge in [-0.15, -0.1) is 0 Å². The van der Waals surface area contributed by atoms with E-state index in [0.717, 1.165) is 18.6 Å². The zero-order chi connectivity index (χ0) is 14.4. The number of carbonyl (C=O) groups is 1. The Morgan fingerprint density at radius 2 is 1.57 bits per heavy atom. The van der Waals surface area contributed by atoms with E-state index >= 15 is 0 Å². The van der Waals surface area contributed by atoms with Crippen molar-refractivity contribution in [3.8, 4) is 5.75 Å². The third-order valence-corrected chi connectivity index (χ3v) is 3.09. The van der Waals surface area contributed by atoms with Crippen LogP contribution in [0.5, 0.6) is 5.75 Å². The Morgan fingerprint density at radius 1 is 1.00 bits per heavy atom. The van der Waals surface area contributed by atoms with Gasteiger partial charge in [0, 0.05) is 0 Å². The van der Waals surface area contributed by atoms with Crippen molar-refractivity contribution in [3.63, 3.8) is 0 Å². The average Bonchev–Trinajstić information content (AvgIpc) is 2.47. The second-order valence-corrected chi connectivity index (χ2v) is 4.45. The Bertz CT molecular complexity index is 567. The first kappa shape index (κ1) is 17.8. The molecule has 2 N–H and O–H groups in total. The topological polar surface area (TPSA) is 66.8 Å². The maximum Gasteiger partial charge on any atom is 0.124 e. The molecule has 1 atom stereocenters. The van der Waals surface area contributed by atoms with E-state index in [0.29, 0.717) is 0 Å². The van der Waals surface area contributed by atoms with Crippen LogP contribution in [0.1, 0.15) is 23.7 Å². The number of para-hydroxylation sites is 1. The van der Waals surface area contributed by atoms with Gasteiger partial charge in [-0.25, -0.2) is 4.79 Å². The van der Waals surface area contributed by atoms with Gasteiger partial charge < -0.3 is 14.9 Å². The molecule has 0 bridgehead atoms. The van der Waals surface area contributed by atoms with Crippen molar-refractivity contribution in [3.05, 3.63) is 65.7 Å². The maximum absolute atomic E-state index is 8.56. The normalized spacial score (nSPS) is 15.3.